The molecule has 1 aromatic rings. The van der Waals surface area contributed by atoms with Gasteiger partial charge in [0.25, 0.3) is 0 Å². The second-order valence-electron chi connectivity index (χ2n) is 3.74. The highest BCUT2D eigenvalue weighted by atomic mass is 35.5. The summed E-state index contributed by atoms with van der Waals surface area (Å²) >= 11 is 6.03. The van der Waals surface area contributed by atoms with Gasteiger partial charge in [0.15, 0.2) is 11.5 Å². The molecule has 0 amide bonds. The third-order valence-corrected chi connectivity index (χ3v) is 2.84. The lowest BCUT2D eigenvalue weighted by Gasteiger charge is -2.09. The van der Waals surface area contributed by atoms with Crippen LogP contribution in [0.15, 0.2) is 12.1 Å². The van der Waals surface area contributed by atoms with Gasteiger partial charge in [-0.05, 0) is 18.1 Å². The van der Waals surface area contributed by atoms with Gasteiger partial charge in [-0.2, -0.15) is 0 Å². The fourth-order valence-electron chi connectivity index (χ4n) is 1.53. The fraction of sp³-hybridized carbons (Fsp3) is 0.364. The molecule has 0 spiro atoms. The minimum atomic E-state index is -0.839. The molecule has 0 aliphatic carbocycles. The van der Waals surface area contributed by atoms with E-state index in [1.807, 2.05) is 0 Å². The quantitative estimate of drug-likeness (QED) is 0.884. The van der Waals surface area contributed by atoms with Crippen LogP contribution in [0.4, 0.5) is 0 Å². The Labute approximate surface area is 97.7 Å². The van der Waals surface area contributed by atoms with Gasteiger partial charge in [0, 0.05) is 11.1 Å². The molecule has 0 bridgehead atoms. The topological polar surface area (TPSA) is 55.8 Å². The Balaban J connectivity index is 2.25. The average molecular weight is 243 g/mol. The molecule has 0 saturated heterocycles. The predicted octanol–water partition coefficient (Wildman–Crippen LogP) is 2.33. The van der Waals surface area contributed by atoms with Crippen molar-refractivity contribution in [3.8, 4) is 11.5 Å². The van der Waals surface area contributed by atoms with Crippen LogP contribution in [0.5, 0.6) is 11.5 Å². The molecule has 1 aromatic carbocycles. The van der Waals surface area contributed by atoms with E-state index in [2.05, 4.69) is 0 Å². The molecule has 0 radical (unpaired) electrons. The van der Waals surface area contributed by atoms with E-state index < -0.39 is 11.9 Å². The number of halogens is 1. The highest BCUT2D eigenvalue weighted by Crippen LogP contribution is 2.37. The number of carboxylic acids is 1. The fourth-order valence-corrected chi connectivity index (χ4v) is 1.76. The van der Waals surface area contributed by atoms with E-state index in [9.17, 15) is 4.79 Å². The Bertz CT molecular complexity index is 430. The summed E-state index contributed by atoms with van der Waals surface area (Å²) in [7, 11) is 0. The van der Waals surface area contributed by atoms with Gasteiger partial charge in [0.2, 0.25) is 6.79 Å². The summed E-state index contributed by atoms with van der Waals surface area (Å²) in [6.07, 6.45) is 0.380. The van der Waals surface area contributed by atoms with E-state index in [0.717, 1.165) is 5.56 Å². The first-order valence-electron chi connectivity index (χ1n) is 4.88. The molecule has 1 aliphatic rings. The smallest absolute Gasteiger partial charge is 0.306 e. The maximum absolute atomic E-state index is 10.7. The maximum atomic E-state index is 10.7. The molecule has 1 N–H and O–H groups in total. The first-order chi connectivity index (χ1) is 7.58. The number of ether oxygens (including phenoxy) is 2. The van der Waals surface area contributed by atoms with Crippen LogP contribution in [0.1, 0.15) is 12.5 Å². The minimum absolute atomic E-state index is 0.184. The van der Waals surface area contributed by atoms with Crippen molar-refractivity contribution in [1.29, 1.82) is 0 Å². The van der Waals surface area contributed by atoms with Crippen molar-refractivity contribution in [2.75, 3.05) is 6.79 Å². The van der Waals surface area contributed by atoms with Crippen LogP contribution in [-0.4, -0.2) is 17.9 Å². The molecular formula is C11H11ClO4. The van der Waals surface area contributed by atoms with Crippen LogP contribution in [0.3, 0.4) is 0 Å². The van der Waals surface area contributed by atoms with Crippen LogP contribution < -0.4 is 9.47 Å². The standard InChI is InChI=1S/C11H11ClO4/c1-6(11(13)14)2-7-3-9-10(4-8(7)12)16-5-15-9/h3-4,6H,2,5H2,1H3,(H,13,14). The number of benzene rings is 1. The molecule has 0 saturated carbocycles. The van der Waals surface area contributed by atoms with Crippen molar-refractivity contribution in [1.82, 2.24) is 0 Å². The summed E-state index contributed by atoms with van der Waals surface area (Å²) < 4.78 is 10.4. The van der Waals surface area contributed by atoms with Gasteiger partial charge < -0.3 is 14.6 Å². The summed E-state index contributed by atoms with van der Waals surface area (Å²) in [6.45, 7) is 1.83. The Morgan fingerprint density at radius 1 is 1.50 bits per heavy atom. The average Bonchev–Trinajstić information content (AvgIpc) is 2.65. The van der Waals surface area contributed by atoms with Crippen molar-refractivity contribution >= 4 is 17.6 Å². The van der Waals surface area contributed by atoms with E-state index in [-0.39, 0.29) is 6.79 Å². The van der Waals surface area contributed by atoms with Gasteiger partial charge >= 0.3 is 5.97 Å². The molecule has 0 aromatic heterocycles. The summed E-state index contributed by atoms with van der Waals surface area (Å²) in [5, 5.41) is 9.34. The number of aliphatic carboxylic acids is 1. The van der Waals surface area contributed by atoms with Crippen molar-refractivity contribution in [3.63, 3.8) is 0 Å². The SMILES string of the molecule is CC(Cc1cc2c(cc1Cl)OCO2)C(=O)O. The molecule has 16 heavy (non-hydrogen) atoms. The molecule has 1 heterocycles. The van der Waals surface area contributed by atoms with E-state index in [1.165, 1.54) is 0 Å². The molecule has 5 heteroatoms. The number of carboxylic acid groups (broad SMARTS) is 1. The summed E-state index contributed by atoms with van der Waals surface area (Å²) in [5.41, 5.74) is 0.765. The highest BCUT2D eigenvalue weighted by molar-refractivity contribution is 6.31. The van der Waals surface area contributed by atoms with Crippen molar-refractivity contribution in [2.24, 2.45) is 5.92 Å². The molecule has 0 fully saturated rings. The zero-order chi connectivity index (χ0) is 11.7. The van der Waals surface area contributed by atoms with Crippen molar-refractivity contribution in [2.45, 2.75) is 13.3 Å². The molecule has 86 valence electrons. The van der Waals surface area contributed by atoms with E-state index >= 15 is 0 Å². The van der Waals surface area contributed by atoms with Gasteiger partial charge in [-0.15, -0.1) is 0 Å². The second kappa shape index (κ2) is 4.22. The molecule has 1 unspecified atom stereocenters. The lowest BCUT2D eigenvalue weighted by atomic mass is 10.0. The van der Waals surface area contributed by atoms with E-state index in [0.29, 0.717) is 22.9 Å². The van der Waals surface area contributed by atoms with Gasteiger partial charge in [-0.3, -0.25) is 4.79 Å². The van der Waals surface area contributed by atoms with Gasteiger partial charge in [0.1, 0.15) is 0 Å². The third-order valence-electron chi connectivity index (χ3n) is 2.49. The second-order valence-corrected chi connectivity index (χ2v) is 4.15. The monoisotopic (exact) mass is 242 g/mol. The summed E-state index contributed by atoms with van der Waals surface area (Å²) in [6, 6.07) is 3.40. The molecule has 4 nitrogen and oxygen atoms in total. The molecule has 1 atom stereocenters. The highest BCUT2D eigenvalue weighted by Gasteiger charge is 2.19. The van der Waals surface area contributed by atoms with Crippen LogP contribution in [0.25, 0.3) is 0 Å². The summed E-state index contributed by atoms with van der Waals surface area (Å²) in [5.74, 6) is -0.0830. The number of hydrogen-bond acceptors (Lipinski definition) is 3. The van der Waals surface area contributed by atoms with Crippen LogP contribution >= 0.6 is 11.6 Å². The Hall–Kier alpha value is -1.42. The molecule has 1 aliphatic heterocycles. The first kappa shape index (κ1) is 11.1. The van der Waals surface area contributed by atoms with Crippen LogP contribution in [-0.2, 0) is 11.2 Å². The summed E-state index contributed by atoms with van der Waals surface area (Å²) in [4.78, 5) is 10.7. The van der Waals surface area contributed by atoms with Crippen molar-refractivity contribution in [3.05, 3.63) is 22.7 Å². The van der Waals surface area contributed by atoms with E-state index in [4.69, 9.17) is 26.2 Å². The normalized spacial score (nSPS) is 14.9. The minimum Gasteiger partial charge on any atom is -0.481 e. The molecular weight excluding hydrogens is 232 g/mol. The Kier molecular flexibility index (Phi) is 2.92. The number of hydrogen-bond donors (Lipinski definition) is 1. The third kappa shape index (κ3) is 2.07. The first-order valence-corrected chi connectivity index (χ1v) is 5.26. The van der Waals surface area contributed by atoms with Gasteiger partial charge in [-0.1, -0.05) is 18.5 Å². The lowest BCUT2D eigenvalue weighted by Crippen LogP contribution is -2.12. The predicted molar refractivity (Wildman–Crippen MR) is 58.1 cm³/mol. The zero-order valence-electron chi connectivity index (χ0n) is 8.70. The Morgan fingerprint density at radius 2 is 2.12 bits per heavy atom. The number of rotatable bonds is 3. The lowest BCUT2D eigenvalue weighted by molar-refractivity contribution is -0.141. The number of carbonyl (C=O) groups is 1. The molecule has 2 rings (SSSR count). The largest absolute Gasteiger partial charge is 0.481 e. The number of fused-ring (bicyclic) bond motifs is 1. The van der Waals surface area contributed by atoms with Gasteiger partial charge in [0.05, 0.1) is 5.92 Å². The maximum Gasteiger partial charge on any atom is 0.306 e. The van der Waals surface area contributed by atoms with Gasteiger partial charge in [-0.25, -0.2) is 0 Å². The van der Waals surface area contributed by atoms with Crippen LogP contribution in [0.2, 0.25) is 5.02 Å². The Morgan fingerprint density at radius 3 is 2.75 bits per heavy atom. The zero-order valence-corrected chi connectivity index (χ0v) is 9.45. The van der Waals surface area contributed by atoms with Crippen molar-refractivity contribution < 1.29 is 19.4 Å². The van der Waals surface area contributed by atoms with E-state index in [1.54, 1.807) is 19.1 Å². The van der Waals surface area contributed by atoms with Crippen LogP contribution in [0, 0.1) is 5.92 Å².